The van der Waals surface area contributed by atoms with Crippen molar-refractivity contribution < 1.29 is 9.90 Å². The first-order valence-corrected chi connectivity index (χ1v) is 6.70. The summed E-state index contributed by atoms with van der Waals surface area (Å²) in [7, 11) is 1.84. The maximum atomic E-state index is 11.4. The molecule has 3 atom stereocenters. The molecule has 1 N–H and O–H groups in total. The van der Waals surface area contributed by atoms with Gasteiger partial charge >= 0.3 is 5.97 Å². The minimum atomic E-state index is -0.684. The number of nitrogens with zero attached hydrogens (tertiary/aromatic N) is 3. The van der Waals surface area contributed by atoms with E-state index in [1.165, 1.54) is 12.8 Å². The van der Waals surface area contributed by atoms with Crippen molar-refractivity contribution in [3.63, 3.8) is 0 Å². The van der Waals surface area contributed by atoms with E-state index in [1.807, 2.05) is 7.05 Å². The predicted molar refractivity (Wildman–Crippen MR) is 67.1 cm³/mol. The van der Waals surface area contributed by atoms with E-state index >= 15 is 0 Å². The summed E-state index contributed by atoms with van der Waals surface area (Å²) in [5.74, 6) is -0.259. The van der Waals surface area contributed by atoms with Gasteiger partial charge in [0.1, 0.15) is 0 Å². The first kappa shape index (κ1) is 13.1. The number of carboxylic acids is 1. The molecule has 1 heterocycles. The fourth-order valence-electron chi connectivity index (χ4n) is 3.18. The lowest BCUT2D eigenvalue weighted by Gasteiger charge is -2.33. The Labute approximate surface area is 107 Å². The average Bonchev–Trinajstić information content (AvgIpc) is 2.75. The molecule has 1 fully saturated rings. The van der Waals surface area contributed by atoms with Crippen LogP contribution in [0.15, 0.2) is 6.20 Å². The monoisotopic (exact) mass is 251 g/mol. The predicted octanol–water partition coefficient (Wildman–Crippen LogP) is 2.20. The van der Waals surface area contributed by atoms with Crippen molar-refractivity contribution in [1.82, 2.24) is 15.0 Å². The quantitative estimate of drug-likeness (QED) is 0.890. The van der Waals surface area contributed by atoms with Crippen LogP contribution in [0.1, 0.15) is 50.6 Å². The number of hydrogen-bond acceptors (Lipinski definition) is 3. The van der Waals surface area contributed by atoms with E-state index in [1.54, 1.807) is 10.9 Å². The van der Waals surface area contributed by atoms with Gasteiger partial charge in [0.05, 0.1) is 17.8 Å². The first-order valence-electron chi connectivity index (χ1n) is 6.70. The van der Waals surface area contributed by atoms with Gasteiger partial charge in [-0.2, -0.15) is 0 Å². The Kier molecular flexibility index (Phi) is 3.99. The van der Waals surface area contributed by atoms with Gasteiger partial charge in [-0.1, -0.05) is 25.0 Å². The Balaban J connectivity index is 2.20. The molecule has 0 radical (unpaired) electrons. The molecular formula is C13H21N3O2. The van der Waals surface area contributed by atoms with Crippen LogP contribution in [0, 0.1) is 11.8 Å². The third kappa shape index (κ3) is 2.54. The molecule has 1 aromatic rings. The minimum absolute atomic E-state index is 0.0628. The summed E-state index contributed by atoms with van der Waals surface area (Å²) < 4.78 is 1.72. The van der Waals surface area contributed by atoms with Crippen LogP contribution >= 0.6 is 0 Å². The molecule has 0 aliphatic heterocycles. The summed E-state index contributed by atoms with van der Waals surface area (Å²) in [6.45, 7) is 2.18. The molecule has 5 nitrogen and oxygen atoms in total. The highest BCUT2D eigenvalue weighted by molar-refractivity contribution is 5.71. The van der Waals surface area contributed by atoms with Crippen molar-refractivity contribution in [2.24, 2.45) is 18.9 Å². The van der Waals surface area contributed by atoms with Crippen molar-refractivity contribution in [3.05, 3.63) is 11.9 Å². The van der Waals surface area contributed by atoms with Crippen molar-refractivity contribution in [3.8, 4) is 0 Å². The van der Waals surface area contributed by atoms with Crippen LogP contribution in [-0.2, 0) is 11.8 Å². The van der Waals surface area contributed by atoms with Crippen molar-refractivity contribution in [2.75, 3.05) is 0 Å². The van der Waals surface area contributed by atoms with Gasteiger partial charge in [0.25, 0.3) is 0 Å². The van der Waals surface area contributed by atoms with Crippen LogP contribution in [0.5, 0.6) is 0 Å². The number of carbonyl (C=O) groups is 1. The van der Waals surface area contributed by atoms with E-state index in [2.05, 4.69) is 17.2 Å². The Hall–Kier alpha value is -1.39. The van der Waals surface area contributed by atoms with Crippen LogP contribution in [-0.4, -0.2) is 26.1 Å². The van der Waals surface area contributed by atoms with Crippen LogP contribution in [0.25, 0.3) is 0 Å². The molecule has 2 rings (SSSR count). The van der Waals surface area contributed by atoms with Gasteiger partial charge in [-0.05, 0) is 25.2 Å². The molecule has 5 heteroatoms. The molecule has 0 saturated heterocycles. The first-order chi connectivity index (χ1) is 8.63. The van der Waals surface area contributed by atoms with Crippen LogP contribution in [0.3, 0.4) is 0 Å². The van der Waals surface area contributed by atoms with E-state index in [4.69, 9.17) is 0 Å². The number of rotatable bonds is 4. The molecule has 0 amide bonds. The Bertz CT molecular complexity index is 416. The SMILES string of the molecule is CCCC1CCC(C(=O)O)C(c2cnnn2C)C1. The molecule has 0 spiro atoms. The molecule has 3 unspecified atom stereocenters. The molecule has 0 aromatic carbocycles. The van der Waals surface area contributed by atoms with Gasteiger partial charge in [-0.15, -0.1) is 5.10 Å². The standard InChI is InChI=1S/C13H21N3O2/c1-3-4-9-5-6-10(13(17)18)11(7-9)12-8-14-15-16(12)2/h8-11H,3-7H2,1-2H3,(H,17,18). The fourth-order valence-corrected chi connectivity index (χ4v) is 3.18. The number of aliphatic carboxylic acids is 1. The molecular weight excluding hydrogens is 230 g/mol. The topological polar surface area (TPSA) is 68.0 Å². The number of aryl methyl sites for hydroxylation is 1. The normalized spacial score (nSPS) is 28.2. The van der Waals surface area contributed by atoms with Crippen molar-refractivity contribution in [2.45, 2.75) is 44.9 Å². The zero-order chi connectivity index (χ0) is 13.1. The van der Waals surface area contributed by atoms with Gasteiger partial charge in [0.15, 0.2) is 0 Å². The van der Waals surface area contributed by atoms with E-state index < -0.39 is 5.97 Å². The van der Waals surface area contributed by atoms with Gasteiger partial charge < -0.3 is 5.11 Å². The third-order valence-electron chi connectivity index (χ3n) is 4.10. The summed E-state index contributed by atoms with van der Waals surface area (Å²) in [4.78, 5) is 11.4. The highest BCUT2D eigenvalue weighted by Crippen LogP contribution is 2.41. The summed E-state index contributed by atoms with van der Waals surface area (Å²) in [6, 6.07) is 0. The summed E-state index contributed by atoms with van der Waals surface area (Å²) in [5.41, 5.74) is 0.961. The average molecular weight is 251 g/mol. The lowest BCUT2D eigenvalue weighted by molar-refractivity contribution is -0.144. The molecule has 1 aliphatic rings. The van der Waals surface area contributed by atoms with Gasteiger partial charge in [0.2, 0.25) is 0 Å². The molecule has 100 valence electrons. The molecule has 18 heavy (non-hydrogen) atoms. The van der Waals surface area contributed by atoms with E-state index in [-0.39, 0.29) is 11.8 Å². The maximum absolute atomic E-state index is 11.4. The zero-order valence-corrected chi connectivity index (χ0v) is 11.0. The second-order valence-corrected chi connectivity index (χ2v) is 5.30. The lowest BCUT2D eigenvalue weighted by atomic mass is 9.71. The second kappa shape index (κ2) is 5.50. The van der Waals surface area contributed by atoms with Crippen molar-refractivity contribution >= 4 is 5.97 Å². The van der Waals surface area contributed by atoms with Gasteiger partial charge in [-0.3, -0.25) is 9.48 Å². The number of aromatic nitrogens is 3. The largest absolute Gasteiger partial charge is 0.481 e. The Morgan fingerprint density at radius 1 is 1.56 bits per heavy atom. The summed E-state index contributed by atoms with van der Waals surface area (Å²) >= 11 is 0. The highest BCUT2D eigenvalue weighted by Gasteiger charge is 2.37. The van der Waals surface area contributed by atoms with Gasteiger partial charge in [0, 0.05) is 13.0 Å². The zero-order valence-electron chi connectivity index (χ0n) is 11.0. The van der Waals surface area contributed by atoms with Crippen LogP contribution < -0.4 is 0 Å². The number of carboxylic acid groups (broad SMARTS) is 1. The molecule has 0 bridgehead atoms. The van der Waals surface area contributed by atoms with Crippen molar-refractivity contribution in [1.29, 1.82) is 0 Å². The van der Waals surface area contributed by atoms with Gasteiger partial charge in [-0.25, -0.2) is 0 Å². The second-order valence-electron chi connectivity index (χ2n) is 5.30. The smallest absolute Gasteiger partial charge is 0.307 e. The molecule has 1 aliphatic carbocycles. The summed E-state index contributed by atoms with van der Waals surface area (Å²) in [6.07, 6.45) is 6.83. The van der Waals surface area contributed by atoms with Crippen LogP contribution in [0.2, 0.25) is 0 Å². The van der Waals surface area contributed by atoms with E-state index in [0.717, 1.165) is 25.0 Å². The van der Waals surface area contributed by atoms with E-state index in [0.29, 0.717) is 5.92 Å². The summed E-state index contributed by atoms with van der Waals surface area (Å²) in [5, 5.41) is 17.2. The maximum Gasteiger partial charge on any atom is 0.307 e. The Morgan fingerprint density at radius 3 is 2.89 bits per heavy atom. The number of hydrogen-bond donors (Lipinski definition) is 1. The molecule has 1 aromatic heterocycles. The van der Waals surface area contributed by atoms with E-state index in [9.17, 15) is 9.90 Å². The van der Waals surface area contributed by atoms with Crippen LogP contribution in [0.4, 0.5) is 0 Å². The minimum Gasteiger partial charge on any atom is -0.481 e. The lowest BCUT2D eigenvalue weighted by Crippen LogP contribution is -2.30. The highest BCUT2D eigenvalue weighted by atomic mass is 16.4. The Morgan fingerprint density at radius 2 is 2.33 bits per heavy atom. The fraction of sp³-hybridized carbons (Fsp3) is 0.769. The molecule has 1 saturated carbocycles. The third-order valence-corrected chi connectivity index (χ3v) is 4.10.